The van der Waals surface area contributed by atoms with E-state index in [1.54, 1.807) is 6.07 Å². The summed E-state index contributed by atoms with van der Waals surface area (Å²) in [5.74, 6) is 0.437. The average Bonchev–Trinajstić information content (AvgIpc) is 2.89. The number of carbonyl (C=O) groups excluding carboxylic acids is 1. The molecule has 2 saturated heterocycles. The maximum absolute atomic E-state index is 12.5. The molecule has 1 atom stereocenters. The first-order valence-electron chi connectivity index (χ1n) is 7.79. The number of piperidine rings is 1. The van der Waals surface area contributed by atoms with Crippen molar-refractivity contribution < 1.29 is 17.9 Å². The quantitative estimate of drug-likeness (QED) is 0.830. The van der Waals surface area contributed by atoms with Gasteiger partial charge in [-0.3, -0.25) is 4.79 Å². The van der Waals surface area contributed by atoms with Crippen molar-refractivity contribution in [2.45, 2.75) is 36.4 Å². The molecule has 0 bridgehead atoms. The molecule has 0 radical (unpaired) electrons. The Morgan fingerprint density at radius 1 is 1.25 bits per heavy atom. The Bertz CT molecular complexity index is 674. The maximum Gasteiger partial charge on any atom is 0.263 e. The third-order valence-corrected chi connectivity index (χ3v) is 5.31. The Morgan fingerprint density at radius 2 is 1.96 bits per heavy atom. The summed E-state index contributed by atoms with van der Waals surface area (Å²) < 4.78 is 28.5. The van der Waals surface area contributed by atoms with Crippen molar-refractivity contribution in [3.8, 4) is 5.75 Å². The van der Waals surface area contributed by atoms with E-state index in [1.165, 1.54) is 12.3 Å². The number of halogens is 1. The molecule has 1 aromatic rings. The van der Waals surface area contributed by atoms with E-state index >= 15 is 0 Å². The number of aromatic nitrogens is 1. The SMILES string of the molecule is CS(=O)(=O)c1ccc(OC2CCN(C3CCNCC3)C2=O)cn1.Cl. The molecule has 2 aliphatic heterocycles. The molecule has 134 valence electrons. The lowest BCUT2D eigenvalue weighted by molar-refractivity contribution is -0.135. The van der Waals surface area contributed by atoms with Crippen LogP contribution in [0.25, 0.3) is 0 Å². The number of amides is 1. The second kappa shape index (κ2) is 7.67. The van der Waals surface area contributed by atoms with Crippen LogP contribution < -0.4 is 10.1 Å². The monoisotopic (exact) mass is 375 g/mol. The first-order valence-corrected chi connectivity index (χ1v) is 9.68. The van der Waals surface area contributed by atoms with Crippen molar-refractivity contribution in [2.75, 3.05) is 25.9 Å². The van der Waals surface area contributed by atoms with Crippen LogP contribution in [0, 0.1) is 0 Å². The fraction of sp³-hybridized carbons (Fsp3) is 0.600. The Kier molecular flexibility index (Phi) is 6.06. The Hall–Kier alpha value is -1.38. The minimum Gasteiger partial charge on any atom is -0.479 e. The van der Waals surface area contributed by atoms with Crippen LogP contribution >= 0.6 is 12.4 Å². The van der Waals surface area contributed by atoms with Gasteiger partial charge >= 0.3 is 0 Å². The van der Waals surface area contributed by atoms with Crippen molar-refractivity contribution >= 4 is 28.2 Å². The lowest BCUT2D eigenvalue weighted by Gasteiger charge is -2.31. The standard InChI is InChI=1S/C15H21N3O4S.ClH/c1-23(20,21)14-3-2-12(10-17-14)22-13-6-9-18(15(13)19)11-4-7-16-8-5-11;/h2-3,10-11,13,16H,4-9H2,1H3;1H. The number of sulfone groups is 1. The van der Waals surface area contributed by atoms with Crippen molar-refractivity contribution in [2.24, 2.45) is 0 Å². The predicted octanol–water partition coefficient (Wildman–Crippen LogP) is 0.639. The summed E-state index contributed by atoms with van der Waals surface area (Å²) in [4.78, 5) is 18.3. The minimum absolute atomic E-state index is 0. The highest BCUT2D eigenvalue weighted by atomic mass is 35.5. The number of hydrogen-bond donors (Lipinski definition) is 1. The number of nitrogens with one attached hydrogen (secondary N) is 1. The average molecular weight is 376 g/mol. The summed E-state index contributed by atoms with van der Waals surface area (Å²) in [6, 6.07) is 3.24. The van der Waals surface area contributed by atoms with Gasteiger partial charge < -0.3 is 15.0 Å². The largest absolute Gasteiger partial charge is 0.479 e. The predicted molar refractivity (Wildman–Crippen MR) is 91.2 cm³/mol. The van der Waals surface area contributed by atoms with Gasteiger partial charge in [0.05, 0.1) is 6.20 Å². The summed E-state index contributed by atoms with van der Waals surface area (Å²) in [5, 5.41) is 3.29. The molecule has 7 nitrogen and oxygen atoms in total. The van der Waals surface area contributed by atoms with E-state index in [0.717, 1.165) is 32.2 Å². The lowest BCUT2D eigenvalue weighted by atomic mass is 10.1. The zero-order valence-electron chi connectivity index (χ0n) is 13.5. The molecule has 0 aromatic carbocycles. The second-order valence-electron chi connectivity index (χ2n) is 6.01. The van der Waals surface area contributed by atoms with E-state index in [-0.39, 0.29) is 23.3 Å². The summed E-state index contributed by atoms with van der Waals surface area (Å²) in [7, 11) is -3.33. The zero-order chi connectivity index (χ0) is 16.4. The van der Waals surface area contributed by atoms with E-state index < -0.39 is 15.9 Å². The van der Waals surface area contributed by atoms with Gasteiger partial charge in [-0.05, 0) is 38.1 Å². The molecule has 1 N–H and O–H groups in total. The van der Waals surface area contributed by atoms with E-state index in [9.17, 15) is 13.2 Å². The summed E-state index contributed by atoms with van der Waals surface area (Å²) in [6.45, 7) is 2.59. The van der Waals surface area contributed by atoms with Gasteiger partial charge in [0, 0.05) is 25.3 Å². The van der Waals surface area contributed by atoms with Gasteiger partial charge in [0.1, 0.15) is 5.75 Å². The highest BCUT2D eigenvalue weighted by molar-refractivity contribution is 7.90. The first-order chi connectivity index (χ1) is 10.9. The molecular weight excluding hydrogens is 354 g/mol. The van der Waals surface area contributed by atoms with Gasteiger partial charge in [-0.1, -0.05) is 0 Å². The molecule has 0 aliphatic carbocycles. The third kappa shape index (κ3) is 4.17. The normalized spacial score (nSPS) is 22.3. The van der Waals surface area contributed by atoms with Crippen LogP contribution in [0.4, 0.5) is 0 Å². The van der Waals surface area contributed by atoms with E-state index in [2.05, 4.69) is 10.3 Å². The molecule has 2 aliphatic rings. The van der Waals surface area contributed by atoms with Crippen molar-refractivity contribution in [3.63, 3.8) is 0 Å². The smallest absolute Gasteiger partial charge is 0.263 e. The molecule has 3 rings (SSSR count). The molecule has 1 amide bonds. The highest BCUT2D eigenvalue weighted by Crippen LogP contribution is 2.24. The van der Waals surface area contributed by atoms with Gasteiger partial charge in [0.15, 0.2) is 21.0 Å². The first kappa shape index (κ1) is 19.0. The van der Waals surface area contributed by atoms with E-state index in [0.29, 0.717) is 24.8 Å². The topological polar surface area (TPSA) is 88.6 Å². The molecule has 3 heterocycles. The van der Waals surface area contributed by atoms with Gasteiger partial charge in [-0.2, -0.15) is 0 Å². The lowest BCUT2D eigenvalue weighted by Crippen LogP contribution is -2.45. The van der Waals surface area contributed by atoms with Crippen LogP contribution in [0.15, 0.2) is 23.4 Å². The molecule has 9 heteroatoms. The maximum atomic E-state index is 12.5. The molecule has 2 fully saturated rings. The van der Waals surface area contributed by atoms with Crippen LogP contribution in [0.2, 0.25) is 0 Å². The van der Waals surface area contributed by atoms with Crippen molar-refractivity contribution in [1.29, 1.82) is 0 Å². The Balaban J connectivity index is 0.00000208. The van der Waals surface area contributed by atoms with Crippen LogP contribution in [0.5, 0.6) is 5.75 Å². The highest BCUT2D eigenvalue weighted by Gasteiger charge is 2.37. The fourth-order valence-corrected chi connectivity index (χ4v) is 3.64. The van der Waals surface area contributed by atoms with Crippen LogP contribution in [-0.2, 0) is 14.6 Å². The van der Waals surface area contributed by atoms with Gasteiger partial charge in [0.25, 0.3) is 5.91 Å². The second-order valence-corrected chi connectivity index (χ2v) is 7.97. The number of pyridine rings is 1. The van der Waals surface area contributed by atoms with E-state index in [1.807, 2.05) is 4.90 Å². The number of hydrogen-bond acceptors (Lipinski definition) is 6. The van der Waals surface area contributed by atoms with Gasteiger partial charge in [-0.15, -0.1) is 12.4 Å². The third-order valence-electron chi connectivity index (χ3n) is 4.31. The number of ether oxygens (including phenoxy) is 1. The summed E-state index contributed by atoms with van der Waals surface area (Å²) >= 11 is 0. The Labute approximate surface area is 148 Å². The number of nitrogens with zero attached hydrogens (tertiary/aromatic N) is 2. The van der Waals surface area contributed by atoms with Crippen molar-refractivity contribution in [1.82, 2.24) is 15.2 Å². The molecule has 0 saturated carbocycles. The summed E-state index contributed by atoms with van der Waals surface area (Å²) in [5.41, 5.74) is 0. The Morgan fingerprint density at radius 3 is 2.54 bits per heavy atom. The number of rotatable bonds is 4. The number of likely N-dealkylation sites (tertiary alicyclic amines) is 1. The molecule has 0 spiro atoms. The van der Waals surface area contributed by atoms with Gasteiger partial charge in [0.2, 0.25) is 0 Å². The van der Waals surface area contributed by atoms with Crippen LogP contribution in [-0.4, -0.2) is 62.2 Å². The molecule has 24 heavy (non-hydrogen) atoms. The molecular formula is C15H22ClN3O4S. The van der Waals surface area contributed by atoms with Gasteiger partial charge in [-0.25, -0.2) is 13.4 Å². The fourth-order valence-electron chi connectivity index (χ4n) is 3.09. The number of carbonyl (C=O) groups is 1. The summed E-state index contributed by atoms with van der Waals surface area (Å²) in [6.07, 6.45) is 4.56. The van der Waals surface area contributed by atoms with E-state index in [4.69, 9.17) is 4.74 Å². The molecule has 1 unspecified atom stereocenters. The van der Waals surface area contributed by atoms with Crippen LogP contribution in [0.1, 0.15) is 19.3 Å². The van der Waals surface area contributed by atoms with Crippen LogP contribution in [0.3, 0.4) is 0 Å². The van der Waals surface area contributed by atoms with Crippen molar-refractivity contribution in [3.05, 3.63) is 18.3 Å². The zero-order valence-corrected chi connectivity index (χ0v) is 15.1. The molecule has 1 aromatic heterocycles. The minimum atomic E-state index is -3.33.